The first-order valence-electron chi connectivity index (χ1n) is 4.93. The monoisotopic (exact) mass is 213 g/mol. The molecule has 1 N–H and O–H groups in total. The minimum atomic E-state index is -2.54. The van der Waals surface area contributed by atoms with Crippen molar-refractivity contribution in [2.45, 2.75) is 18.9 Å². The molecule has 0 atom stereocenters. The summed E-state index contributed by atoms with van der Waals surface area (Å²) in [5, 5.41) is 9.22. The van der Waals surface area contributed by atoms with Crippen LogP contribution >= 0.6 is 0 Å². The van der Waals surface area contributed by atoms with Crippen LogP contribution in [0.2, 0.25) is 0 Å². The van der Waals surface area contributed by atoms with Crippen LogP contribution in [0.25, 0.3) is 0 Å². The van der Waals surface area contributed by atoms with Gasteiger partial charge in [-0.1, -0.05) is 12.1 Å². The first-order valence-corrected chi connectivity index (χ1v) is 4.93. The van der Waals surface area contributed by atoms with E-state index in [4.69, 9.17) is 0 Å². The molecule has 0 spiro atoms. The second-order valence-corrected chi connectivity index (χ2v) is 3.99. The van der Waals surface area contributed by atoms with E-state index < -0.39 is 5.92 Å². The number of phenols is 1. The number of hydrogen-bond donors (Lipinski definition) is 1. The van der Waals surface area contributed by atoms with Crippen molar-refractivity contribution >= 4 is 0 Å². The number of nitrogens with zero attached hydrogens (tertiary/aromatic N) is 1. The Morgan fingerprint density at radius 2 is 2.20 bits per heavy atom. The molecule has 0 aromatic heterocycles. The van der Waals surface area contributed by atoms with Gasteiger partial charge >= 0.3 is 0 Å². The summed E-state index contributed by atoms with van der Waals surface area (Å²) in [7, 11) is 0. The number of rotatable bonds is 2. The predicted molar refractivity (Wildman–Crippen MR) is 52.9 cm³/mol. The summed E-state index contributed by atoms with van der Waals surface area (Å²) in [5.41, 5.74) is 0.868. The highest BCUT2D eigenvalue weighted by molar-refractivity contribution is 5.27. The molecule has 0 saturated carbocycles. The van der Waals surface area contributed by atoms with E-state index in [1.165, 1.54) is 0 Å². The second kappa shape index (κ2) is 3.77. The Bertz CT molecular complexity index is 354. The van der Waals surface area contributed by atoms with Gasteiger partial charge in [0.25, 0.3) is 5.92 Å². The zero-order valence-electron chi connectivity index (χ0n) is 8.29. The SMILES string of the molecule is Oc1cccc(CN2CCC(F)(F)C2)c1. The van der Waals surface area contributed by atoms with Gasteiger partial charge < -0.3 is 5.11 Å². The van der Waals surface area contributed by atoms with Crippen LogP contribution in [0.5, 0.6) is 5.75 Å². The van der Waals surface area contributed by atoms with Crippen molar-refractivity contribution in [3.63, 3.8) is 0 Å². The van der Waals surface area contributed by atoms with Crippen LogP contribution in [-0.4, -0.2) is 29.0 Å². The summed E-state index contributed by atoms with van der Waals surface area (Å²) in [5.74, 6) is -2.37. The minimum Gasteiger partial charge on any atom is -0.508 e. The van der Waals surface area contributed by atoms with Gasteiger partial charge in [-0.05, 0) is 17.7 Å². The second-order valence-electron chi connectivity index (χ2n) is 3.99. The lowest BCUT2D eigenvalue weighted by Crippen LogP contribution is -2.24. The van der Waals surface area contributed by atoms with Gasteiger partial charge in [0.2, 0.25) is 0 Å². The van der Waals surface area contributed by atoms with Crippen molar-refractivity contribution in [3.05, 3.63) is 29.8 Å². The summed E-state index contributed by atoms with van der Waals surface area (Å²) < 4.78 is 25.8. The van der Waals surface area contributed by atoms with Gasteiger partial charge in [0.1, 0.15) is 5.75 Å². The molecule has 2 nitrogen and oxygen atoms in total. The molecule has 2 rings (SSSR count). The molecule has 1 aromatic carbocycles. The molecular weight excluding hydrogens is 200 g/mol. The van der Waals surface area contributed by atoms with Crippen molar-refractivity contribution in [2.75, 3.05) is 13.1 Å². The Morgan fingerprint density at radius 1 is 1.40 bits per heavy atom. The molecule has 1 aliphatic heterocycles. The highest BCUT2D eigenvalue weighted by atomic mass is 19.3. The fraction of sp³-hybridized carbons (Fsp3) is 0.455. The van der Waals surface area contributed by atoms with Crippen LogP contribution in [0.15, 0.2) is 24.3 Å². The van der Waals surface area contributed by atoms with Gasteiger partial charge in [-0.15, -0.1) is 0 Å². The molecule has 4 heteroatoms. The molecular formula is C11H13F2NO. The molecule has 0 aliphatic carbocycles. The molecule has 1 heterocycles. The lowest BCUT2D eigenvalue weighted by atomic mass is 10.2. The van der Waals surface area contributed by atoms with Gasteiger partial charge in [0, 0.05) is 19.5 Å². The van der Waals surface area contributed by atoms with Gasteiger partial charge in [-0.2, -0.15) is 0 Å². The molecule has 15 heavy (non-hydrogen) atoms. The third-order valence-corrected chi connectivity index (χ3v) is 2.57. The predicted octanol–water partition coefficient (Wildman–Crippen LogP) is 2.23. The Morgan fingerprint density at radius 3 is 2.80 bits per heavy atom. The Balaban J connectivity index is 1.99. The van der Waals surface area contributed by atoms with Crippen LogP contribution in [0, 0.1) is 0 Å². The van der Waals surface area contributed by atoms with E-state index >= 15 is 0 Å². The zero-order valence-corrected chi connectivity index (χ0v) is 8.29. The van der Waals surface area contributed by atoms with Crippen molar-refractivity contribution in [3.8, 4) is 5.75 Å². The third-order valence-electron chi connectivity index (χ3n) is 2.57. The topological polar surface area (TPSA) is 23.5 Å². The quantitative estimate of drug-likeness (QED) is 0.814. The average molecular weight is 213 g/mol. The maximum atomic E-state index is 12.9. The molecule has 0 bridgehead atoms. The number of likely N-dealkylation sites (tertiary alicyclic amines) is 1. The maximum Gasteiger partial charge on any atom is 0.261 e. The highest BCUT2D eigenvalue weighted by Crippen LogP contribution is 2.28. The lowest BCUT2D eigenvalue weighted by molar-refractivity contribution is 0.0115. The standard InChI is InChI=1S/C11H13F2NO/c12-11(13)4-5-14(8-11)7-9-2-1-3-10(15)6-9/h1-3,6,15H,4-5,7-8H2. The molecule has 1 aliphatic rings. The number of halogens is 2. The largest absolute Gasteiger partial charge is 0.508 e. The molecule has 1 aromatic rings. The van der Waals surface area contributed by atoms with Gasteiger partial charge in [-0.3, -0.25) is 4.90 Å². The number of phenolic OH excluding ortho intramolecular Hbond substituents is 1. The maximum absolute atomic E-state index is 12.9. The van der Waals surface area contributed by atoms with Crippen LogP contribution in [0.1, 0.15) is 12.0 Å². The van der Waals surface area contributed by atoms with E-state index in [1.807, 2.05) is 6.07 Å². The normalized spacial score (nSPS) is 20.7. The summed E-state index contributed by atoms with van der Waals surface area (Å²) in [6, 6.07) is 6.73. The average Bonchev–Trinajstić information content (AvgIpc) is 2.45. The molecule has 82 valence electrons. The van der Waals surface area contributed by atoms with E-state index in [9.17, 15) is 13.9 Å². The van der Waals surface area contributed by atoms with Crippen molar-refractivity contribution in [2.24, 2.45) is 0 Å². The van der Waals surface area contributed by atoms with E-state index in [0.717, 1.165) is 5.56 Å². The third kappa shape index (κ3) is 2.65. The van der Waals surface area contributed by atoms with Crippen LogP contribution in [0.4, 0.5) is 8.78 Å². The zero-order chi connectivity index (χ0) is 10.9. The number of alkyl halides is 2. The van der Waals surface area contributed by atoms with Crippen LogP contribution in [-0.2, 0) is 6.54 Å². The Hall–Kier alpha value is -1.16. The van der Waals surface area contributed by atoms with Crippen LogP contribution in [0.3, 0.4) is 0 Å². The molecule has 1 saturated heterocycles. The van der Waals surface area contributed by atoms with E-state index in [-0.39, 0.29) is 18.7 Å². The highest BCUT2D eigenvalue weighted by Gasteiger charge is 2.37. The number of hydrogen-bond acceptors (Lipinski definition) is 2. The summed E-state index contributed by atoms with van der Waals surface area (Å²) >= 11 is 0. The van der Waals surface area contributed by atoms with Crippen molar-refractivity contribution < 1.29 is 13.9 Å². The molecule has 0 radical (unpaired) electrons. The van der Waals surface area contributed by atoms with E-state index in [1.54, 1.807) is 23.1 Å². The smallest absolute Gasteiger partial charge is 0.261 e. The number of aromatic hydroxyl groups is 1. The molecule has 1 fully saturated rings. The fourth-order valence-corrected chi connectivity index (χ4v) is 1.85. The molecule has 0 amide bonds. The number of benzene rings is 1. The van der Waals surface area contributed by atoms with Crippen LogP contribution < -0.4 is 0 Å². The van der Waals surface area contributed by atoms with Gasteiger partial charge in [0.05, 0.1) is 6.54 Å². The summed E-state index contributed by atoms with van der Waals surface area (Å²) in [4.78, 5) is 1.70. The van der Waals surface area contributed by atoms with Crippen molar-refractivity contribution in [1.82, 2.24) is 4.90 Å². The Kier molecular flexibility index (Phi) is 2.61. The van der Waals surface area contributed by atoms with Gasteiger partial charge in [0.15, 0.2) is 0 Å². The van der Waals surface area contributed by atoms with Crippen molar-refractivity contribution in [1.29, 1.82) is 0 Å². The Labute approximate surface area is 87.1 Å². The fourth-order valence-electron chi connectivity index (χ4n) is 1.85. The van der Waals surface area contributed by atoms with E-state index in [2.05, 4.69) is 0 Å². The first-order chi connectivity index (χ1) is 7.05. The minimum absolute atomic E-state index is 0.0637. The van der Waals surface area contributed by atoms with E-state index in [0.29, 0.717) is 13.1 Å². The molecule has 0 unspecified atom stereocenters. The lowest BCUT2D eigenvalue weighted by Gasteiger charge is -2.15. The first kappa shape index (κ1) is 10.4. The summed E-state index contributed by atoms with van der Waals surface area (Å²) in [6.07, 6.45) is -0.0637. The summed E-state index contributed by atoms with van der Waals surface area (Å²) in [6.45, 7) is 0.718. The van der Waals surface area contributed by atoms with Gasteiger partial charge in [-0.25, -0.2) is 8.78 Å².